The van der Waals surface area contributed by atoms with E-state index in [9.17, 15) is 9.59 Å². The molecular weight excluding hydrogens is 246 g/mol. The normalized spacial score (nSPS) is 22.1. The lowest BCUT2D eigenvalue weighted by molar-refractivity contribution is -0.124. The molecule has 1 fully saturated rings. The molecule has 4 N–H and O–H groups in total. The van der Waals surface area contributed by atoms with E-state index in [0.29, 0.717) is 11.3 Å². The van der Waals surface area contributed by atoms with Gasteiger partial charge in [-0.3, -0.25) is 10.1 Å². The van der Waals surface area contributed by atoms with Crippen LogP contribution in [0.4, 0.5) is 4.79 Å². The zero-order valence-electron chi connectivity index (χ0n) is 11.2. The van der Waals surface area contributed by atoms with Crippen LogP contribution in [0.2, 0.25) is 0 Å². The molecule has 0 aromatic heterocycles. The average Bonchev–Trinajstić information content (AvgIpc) is 2.64. The Kier molecular flexibility index (Phi) is 3.20. The Labute approximate surface area is 111 Å². The number of hydrogen-bond donors (Lipinski definition) is 3. The van der Waals surface area contributed by atoms with Crippen molar-refractivity contribution in [3.05, 3.63) is 28.8 Å². The molecule has 102 valence electrons. The van der Waals surface area contributed by atoms with Gasteiger partial charge in [0.1, 0.15) is 5.75 Å². The van der Waals surface area contributed by atoms with Crippen molar-refractivity contribution >= 4 is 11.9 Å². The fraction of sp³-hybridized carbons (Fsp3) is 0.385. The lowest BCUT2D eigenvalue weighted by atomic mass is 9.87. The Balaban J connectivity index is 2.68. The molecule has 0 spiro atoms. The third kappa shape index (κ3) is 1.94. The fourth-order valence-electron chi connectivity index (χ4n) is 2.48. The molecule has 6 nitrogen and oxygen atoms in total. The van der Waals surface area contributed by atoms with E-state index in [1.807, 2.05) is 26.0 Å². The number of hydrogen-bond acceptors (Lipinski definition) is 4. The first-order valence-electron chi connectivity index (χ1n) is 5.94. The van der Waals surface area contributed by atoms with Crippen molar-refractivity contribution in [3.63, 3.8) is 0 Å². The van der Waals surface area contributed by atoms with E-state index in [0.717, 1.165) is 11.1 Å². The fourth-order valence-corrected chi connectivity index (χ4v) is 2.48. The second kappa shape index (κ2) is 4.55. The Morgan fingerprint density at radius 3 is 2.47 bits per heavy atom. The van der Waals surface area contributed by atoms with Crippen LogP contribution in [-0.4, -0.2) is 25.6 Å². The summed E-state index contributed by atoms with van der Waals surface area (Å²) in [7, 11) is 1.53. The molecular formula is C13H17N3O3. The van der Waals surface area contributed by atoms with Gasteiger partial charge in [-0.25, -0.2) is 4.79 Å². The molecule has 3 amide bonds. The molecule has 6 heteroatoms. The number of nitrogens with two attached hydrogens (primary N) is 1. The van der Waals surface area contributed by atoms with E-state index < -0.39 is 17.5 Å². The van der Waals surface area contributed by atoms with Gasteiger partial charge in [-0.05, 0) is 25.5 Å². The predicted molar refractivity (Wildman–Crippen MR) is 69.9 cm³/mol. The molecule has 0 aliphatic carbocycles. The lowest BCUT2D eigenvalue weighted by Gasteiger charge is -2.27. The number of imide groups is 1. The second-order valence-electron chi connectivity index (χ2n) is 4.68. The third-order valence-corrected chi connectivity index (χ3v) is 3.33. The Hall–Kier alpha value is -2.08. The number of carbonyl (C=O) groups excluding carboxylic acids is 2. The Morgan fingerprint density at radius 2 is 2.00 bits per heavy atom. The predicted octanol–water partition coefficient (Wildman–Crippen LogP) is 0.305. The number of ether oxygens (including phenoxy) is 1. The first-order valence-corrected chi connectivity index (χ1v) is 5.94. The van der Waals surface area contributed by atoms with Crippen LogP contribution in [-0.2, 0) is 10.3 Å². The molecule has 1 aliphatic heterocycles. The first-order chi connectivity index (χ1) is 8.94. The van der Waals surface area contributed by atoms with Crippen LogP contribution in [0.1, 0.15) is 16.7 Å². The molecule has 1 unspecified atom stereocenters. The van der Waals surface area contributed by atoms with Gasteiger partial charge in [0.05, 0.1) is 7.11 Å². The van der Waals surface area contributed by atoms with Crippen LogP contribution < -0.4 is 21.1 Å². The van der Waals surface area contributed by atoms with E-state index >= 15 is 0 Å². The van der Waals surface area contributed by atoms with Gasteiger partial charge in [-0.1, -0.05) is 11.6 Å². The van der Waals surface area contributed by atoms with Gasteiger partial charge in [0.2, 0.25) is 0 Å². The minimum Gasteiger partial charge on any atom is -0.496 e. The molecule has 1 aliphatic rings. The second-order valence-corrected chi connectivity index (χ2v) is 4.68. The quantitative estimate of drug-likeness (QED) is 0.684. The van der Waals surface area contributed by atoms with Crippen molar-refractivity contribution in [2.75, 3.05) is 13.7 Å². The van der Waals surface area contributed by atoms with Gasteiger partial charge in [0.15, 0.2) is 5.54 Å². The average molecular weight is 263 g/mol. The maximum atomic E-state index is 12.1. The summed E-state index contributed by atoms with van der Waals surface area (Å²) in [5, 5.41) is 4.83. The molecule has 1 aromatic carbocycles. The molecule has 1 atom stereocenters. The summed E-state index contributed by atoms with van der Waals surface area (Å²) in [6.45, 7) is 3.76. The molecule has 1 aromatic rings. The van der Waals surface area contributed by atoms with Gasteiger partial charge in [0.25, 0.3) is 5.91 Å². The number of nitrogens with one attached hydrogen (secondary N) is 2. The van der Waals surface area contributed by atoms with Crippen molar-refractivity contribution in [2.24, 2.45) is 5.73 Å². The monoisotopic (exact) mass is 263 g/mol. The highest BCUT2D eigenvalue weighted by atomic mass is 16.5. The number of urea groups is 1. The highest BCUT2D eigenvalue weighted by molar-refractivity contribution is 6.08. The maximum Gasteiger partial charge on any atom is 0.322 e. The molecule has 2 rings (SSSR count). The highest BCUT2D eigenvalue weighted by Gasteiger charge is 2.48. The smallest absolute Gasteiger partial charge is 0.322 e. The van der Waals surface area contributed by atoms with Crippen LogP contribution in [0.15, 0.2) is 12.1 Å². The summed E-state index contributed by atoms with van der Waals surface area (Å²) in [6, 6.07) is 3.21. The van der Waals surface area contributed by atoms with Gasteiger partial charge in [-0.2, -0.15) is 0 Å². The molecule has 0 bridgehead atoms. The zero-order valence-corrected chi connectivity index (χ0v) is 11.2. The molecule has 1 heterocycles. The third-order valence-electron chi connectivity index (χ3n) is 3.33. The summed E-state index contributed by atoms with van der Waals surface area (Å²) in [5.74, 6) is 0.108. The number of rotatable bonds is 3. The van der Waals surface area contributed by atoms with Crippen LogP contribution in [0.25, 0.3) is 0 Å². The Morgan fingerprint density at radius 1 is 1.32 bits per heavy atom. The van der Waals surface area contributed by atoms with Crippen LogP contribution in [0.3, 0.4) is 0 Å². The summed E-state index contributed by atoms with van der Waals surface area (Å²) >= 11 is 0. The first kappa shape index (κ1) is 13.4. The van der Waals surface area contributed by atoms with Gasteiger partial charge in [-0.15, -0.1) is 0 Å². The molecule has 0 radical (unpaired) electrons. The number of aryl methyl sites for hydroxylation is 2. The number of methoxy groups -OCH3 is 1. The molecule has 0 saturated carbocycles. The van der Waals surface area contributed by atoms with E-state index in [2.05, 4.69) is 10.6 Å². The summed E-state index contributed by atoms with van der Waals surface area (Å²) in [6.07, 6.45) is 0. The van der Waals surface area contributed by atoms with E-state index in [4.69, 9.17) is 10.5 Å². The lowest BCUT2D eigenvalue weighted by Crippen LogP contribution is -2.50. The minimum absolute atomic E-state index is 0.0379. The topological polar surface area (TPSA) is 93.4 Å². The maximum absolute atomic E-state index is 12.1. The number of carbonyl (C=O) groups is 2. The summed E-state index contributed by atoms with van der Waals surface area (Å²) in [4.78, 5) is 23.5. The number of amides is 3. The van der Waals surface area contributed by atoms with Crippen LogP contribution in [0.5, 0.6) is 5.75 Å². The van der Waals surface area contributed by atoms with Crippen molar-refractivity contribution in [3.8, 4) is 5.75 Å². The zero-order chi connectivity index (χ0) is 14.2. The van der Waals surface area contributed by atoms with Gasteiger partial charge >= 0.3 is 6.03 Å². The van der Waals surface area contributed by atoms with E-state index in [1.54, 1.807) is 0 Å². The van der Waals surface area contributed by atoms with Gasteiger partial charge in [0, 0.05) is 12.1 Å². The van der Waals surface area contributed by atoms with E-state index in [-0.39, 0.29) is 6.54 Å². The molecule has 1 saturated heterocycles. The molecule has 19 heavy (non-hydrogen) atoms. The summed E-state index contributed by atoms with van der Waals surface area (Å²) < 4.78 is 5.37. The van der Waals surface area contributed by atoms with Crippen molar-refractivity contribution in [1.82, 2.24) is 10.6 Å². The van der Waals surface area contributed by atoms with Crippen molar-refractivity contribution in [1.29, 1.82) is 0 Å². The van der Waals surface area contributed by atoms with Crippen molar-refractivity contribution < 1.29 is 14.3 Å². The van der Waals surface area contributed by atoms with Crippen LogP contribution in [0, 0.1) is 13.8 Å². The largest absolute Gasteiger partial charge is 0.496 e. The highest BCUT2D eigenvalue weighted by Crippen LogP contribution is 2.35. The van der Waals surface area contributed by atoms with Gasteiger partial charge < -0.3 is 15.8 Å². The summed E-state index contributed by atoms with van der Waals surface area (Å²) in [5.41, 5.74) is 6.92. The van der Waals surface area contributed by atoms with Crippen LogP contribution >= 0.6 is 0 Å². The SMILES string of the molecule is COc1c(C)cc(C)cc1C1(CN)NC(=O)NC1=O. The van der Waals surface area contributed by atoms with Crippen molar-refractivity contribution in [2.45, 2.75) is 19.4 Å². The number of benzene rings is 1. The standard InChI is InChI=1S/C13H17N3O3/c1-7-4-8(2)10(19-3)9(5-7)13(6-14)11(17)15-12(18)16-13/h4-5H,6,14H2,1-3H3,(H2,15,16,17,18). The minimum atomic E-state index is -1.26. The Bertz CT molecular complexity index is 556. The van der Waals surface area contributed by atoms with E-state index in [1.165, 1.54) is 7.11 Å².